The molecule has 2 aromatic rings. The molecule has 0 spiro atoms. The Labute approximate surface area is 161 Å². The monoisotopic (exact) mass is 365 g/mol. The number of methoxy groups -OCH3 is 1. The number of hydrogen-bond donors (Lipinski definition) is 1. The van der Waals surface area contributed by atoms with E-state index in [0.29, 0.717) is 6.54 Å². The molecule has 5 heteroatoms. The van der Waals surface area contributed by atoms with Crippen LogP contribution in [0.2, 0.25) is 0 Å². The standard InChI is InChI=1S/C22H27N3O2/c1-27-21-11-9-20(10-12-21)23-22(26)18-25-16-14-24(15-17-25)13-5-8-19-6-3-2-4-7-19/h2-12H,13-18H2,1H3,(H,23,26)/b8-5+. The van der Waals surface area contributed by atoms with E-state index >= 15 is 0 Å². The number of nitrogens with zero attached hydrogens (tertiary/aromatic N) is 2. The number of rotatable bonds is 7. The van der Waals surface area contributed by atoms with Gasteiger partial charge in [-0.1, -0.05) is 42.5 Å². The van der Waals surface area contributed by atoms with Crippen LogP contribution in [0.3, 0.4) is 0 Å². The number of piperazine rings is 1. The van der Waals surface area contributed by atoms with Crippen LogP contribution in [0.1, 0.15) is 5.56 Å². The van der Waals surface area contributed by atoms with Gasteiger partial charge < -0.3 is 10.1 Å². The van der Waals surface area contributed by atoms with Crippen LogP contribution in [0.4, 0.5) is 5.69 Å². The molecule has 1 fully saturated rings. The van der Waals surface area contributed by atoms with Gasteiger partial charge in [-0.25, -0.2) is 0 Å². The molecule has 27 heavy (non-hydrogen) atoms. The summed E-state index contributed by atoms with van der Waals surface area (Å²) in [5.74, 6) is 0.808. The van der Waals surface area contributed by atoms with Gasteiger partial charge in [-0.15, -0.1) is 0 Å². The molecule has 0 radical (unpaired) electrons. The van der Waals surface area contributed by atoms with E-state index in [0.717, 1.165) is 44.2 Å². The van der Waals surface area contributed by atoms with Gasteiger partial charge in [0.05, 0.1) is 13.7 Å². The molecule has 3 rings (SSSR count). The molecule has 5 nitrogen and oxygen atoms in total. The summed E-state index contributed by atoms with van der Waals surface area (Å²) in [6.45, 7) is 5.16. The van der Waals surface area contributed by atoms with E-state index in [-0.39, 0.29) is 5.91 Å². The van der Waals surface area contributed by atoms with Crippen molar-refractivity contribution in [3.63, 3.8) is 0 Å². The highest BCUT2D eigenvalue weighted by Gasteiger charge is 2.18. The van der Waals surface area contributed by atoms with Crippen molar-refractivity contribution in [1.82, 2.24) is 9.80 Å². The van der Waals surface area contributed by atoms with E-state index in [1.165, 1.54) is 5.56 Å². The second kappa shape index (κ2) is 9.90. The molecule has 142 valence electrons. The van der Waals surface area contributed by atoms with Gasteiger partial charge in [-0.05, 0) is 29.8 Å². The third-order valence-corrected chi connectivity index (χ3v) is 4.68. The van der Waals surface area contributed by atoms with Crippen LogP contribution in [0, 0.1) is 0 Å². The first-order chi connectivity index (χ1) is 13.2. The minimum absolute atomic E-state index is 0.0255. The normalized spacial score (nSPS) is 15.7. The van der Waals surface area contributed by atoms with Crippen molar-refractivity contribution in [1.29, 1.82) is 0 Å². The smallest absolute Gasteiger partial charge is 0.238 e. The van der Waals surface area contributed by atoms with Crippen molar-refractivity contribution >= 4 is 17.7 Å². The maximum Gasteiger partial charge on any atom is 0.238 e. The second-order valence-electron chi connectivity index (χ2n) is 6.67. The molecule has 1 aliphatic rings. The molecule has 0 aromatic heterocycles. The first-order valence-corrected chi connectivity index (χ1v) is 9.33. The van der Waals surface area contributed by atoms with Gasteiger partial charge in [0, 0.05) is 38.4 Å². The molecular weight excluding hydrogens is 338 g/mol. The molecule has 1 heterocycles. The van der Waals surface area contributed by atoms with Crippen molar-refractivity contribution in [3.05, 3.63) is 66.2 Å². The third kappa shape index (κ3) is 6.24. The number of carbonyl (C=O) groups is 1. The quantitative estimate of drug-likeness (QED) is 0.819. The maximum atomic E-state index is 12.2. The van der Waals surface area contributed by atoms with Gasteiger partial charge in [0.1, 0.15) is 5.75 Å². The zero-order valence-corrected chi connectivity index (χ0v) is 15.8. The Morgan fingerprint density at radius 2 is 1.67 bits per heavy atom. The number of hydrogen-bond acceptors (Lipinski definition) is 4. The number of amides is 1. The Morgan fingerprint density at radius 1 is 1.00 bits per heavy atom. The fourth-order valence-corrected chi connectivity index (χ4v) is 3.11. The van der Waals surface area contributed by atoms with Crippen molar-refractivity contribution < 1.29 is 9.53 Å². The van der Waals surface area contributed by atoms with Gasteiger partial charge in [-0.3, -0.25) is 14.6 Å². The maximum absolute atomic E-state index is 12.2. The summed E-state index contributed by atoms with van der Waals surface area (Å²) in [6, 6.07) is 17.7. The van der Waals surface area contributed by atoms with Crippen LogP contribution in [-0.4, -0.2) is 62.1 Å². The SMILES string of the molecule is COc1ccc(NC(=O)CN2CCN(C/C=C/c3ccccc3)CC2)cc1. The molecule has 1 N–H and O–H groups in total. The third-order valence-electron chi connectivity index (χ3n) is 4.68. The fraction of sp³-hybridized carbons (Fsp3) is 0.318. The summed E-state index contributed by atoms with van der Waals surface area (Å²) < 4.78 is 5.13. The van der Waals surface area contributed by atoms with E-state index in [9.17, 15) is 4.79 Å². The minimum Gasteiger partial charge on any atom is -0.497 e. The van der Waals surface area contributed by atoms with Gasteiger partial charge in [0.2, 0.25) is 5.91 Å². The van der Waals surface area contributed by atoms with E-state index < -0.39 is 0 Å². The predicted molar refractivity (Wildman–Crippen MR) is 110 cm³/mol. The van der Waals surface area contributed by atoms with E-state index in [2.05, 4.69) is 51.5 Å². The highest BCUT2D eigenvalue weighted by Crippen LogP contribution is 2.15. The zero-order valence-electron chi connectivity index (χ0n) is 15.8. The minimum atomic E-state index is 0.0255. The number of nitrogens with one attached hydrogen (secondary N) is 1. The molecule has 0 atom stereocenters. The van der Waals surface area contributed by atoms with Crippen LogP contribution in [0.5, 0.6) is 5.75 Å². The van der Waals surface area contributed by atoms with Crippen molar-refractivity contribution in [3.8, 4) is 5.75 Å². The van der Waals surface area contributed by atoms with Crippen molar-refractivity contribution in [2.24, 2.45) is 0 Å². The molecule has 1 aliphatic heterocycles. The average molecular weight is 365 g/mol. The lowest BCUT2D eigenvalue weighted by atomic mass is 10.2. The summed E-state index contributed by atoms with van der Waals surface area (Å²) in [5.41, 5.74) is 2.02. The highest BCUT2D eigenvalue weighted by atomic mass is 16.5. The summed E-state index contributed by atoms with van der Waals surface area (Å²) in [5, 5.41) is 2.94. The lowest BCUT2D eigenvalue weighted by molar-refractivity contribution is -0.117. The van der Waals surface area contributed by atoms with Crippen molar-refractivity contribution in [2.45, 2.75) is 0 Å². The van der Waals surface area contributed by atoms with E-state index in [1.807, 2.05) is 30.3 Å². The Kier molecular flexibility index (Phi) is 7.02. The van der Waals surface area contributed by atoms with Gasteiger partial charge >= 0.3 is 0 Å². The molecular formula is C22H27N3O2. The van der Waals surface area contributed by atoms with Gasteiger partial charge in [0.15, 0.2) is 0 Å². The molecule has 0 bridgehead atoms. The van der Waals surface area contributed by atoms with Crippen LogP contribution >= 0.6 is 0 Å². The predicted octanol–water partition coefficient (Wildman–Crippen LogP) is 2.96. The Hall–Kier alpha value is -2.63. The first kappa shape index (κ1) is 19.1. The van der Waals surface area contributed by atoms with Crippen LogP contribution < -0.4 is 10.1 Å². The number of benzene rings is 2. The Morgan fingerprint density at radius 3 is 2.33 bits per heavy atom. The molecule has 2 aromatic carbocycles. The number of ether oxygens (including phenoxy) is 1. The first-order valence-electron chi connectivity index (χ1n) is 9.33. The molecule has 0 saturated carbocycles. The number of anilines is 1. The summed E-state index contributed by atoms with van der Waals surface area (Å²) in [4.78, 5) is 16.9. The molecule has 1 saturated heterocycles. The van der Waals surface area contributed by atoms with E-state index in [4.69, 9.17) is 4.74 Å². The summed E-state index contributed by atoms with van der Waals surface area (Å²) in [6.07, 6.45) is 4.37. The Balaban J connectivity index is 1.37. The average Bonchev–Trinajstić information content (AvgIpc) is 2.71. The lowest BCUT2D eigenvalue weighted by Gasteiger charge is -2.33. The fourth-order valence-electron chi connectivity index (χ4n) is 3.11. The summed E-state index contributed by atoms with van der Waals surface area (Å²) >= 11 is 0. The zero-order chi connectivity index (χ0) is 18.9. The molecule has 0 unspecified atom stereocenters. The van der Waals surface area contributed by atoms with Crippen LogP contribution in [0.25, 0.3) is 6.08 Å². The van der Waals surface area contributed by atoms with Crippen molar-refractivity contribution in [2.75, 3.05) is 51.7 Å². The second-order valence-corrected chi connectivity index (χ2v) is 6.67. The largest absolute Gasteiger partial charge is 0.497 e. The van der Waals surface area contributed by atoms with Crippen LogP contribution in [0.15, 0.2) is 60.7 Å². The topological polar surface area (TPSA) is 44.8 Å². The van der Waals surface area contributed by atoms with Gasteiger partial charge in [-0.2, -0.15) is 0 Å². The van der Waals surface area contributed by atoms with E-state index in [1.54, 1.807) is 7.11 Å². The van der Waals surface area contributed by atoms with Gasteiger partial charge in [0.25, 0.3) is 0 Å². The number of carbonyl (C=O) groups excluding carboxylic acids is 1. The highest BCUT2D eigenvalue weighted by molar-refractivity contribution is 5.92. The van der Waals surface area contributed by atoms with Crippen LogP contribution in [-0.2, 0) is 4.79 Å². The summed E-state index contributed by atoms with van der Waals surface area (Å²) in [7, 11) is 1.63. The molecule has 0 aliphatic carbocycles. The lowest BCUT2D eigenvalue weighted by Crippen LogP contribution is -2.48. The Bertz CT molecular complexity index is 736. The molecule has 1 amide bonds.